The van der Waals surface area contributed by atoms with Gasteiger partial charge in [0.25, 0.3) is 0 Å². The molecule has 0 saturated carbocycles. The summed E-state index contributed by atoms with van der Waals surface area (Å²) in [4.78, 5) is 11.8. The van der Waals surface area contributed by atoms with E-state index in [0.717, 1.165) is 19.5 Å². The summed E-state index contributed by atoms with van der Waals surface area (Å²) < 4.78 is 2.27. The number of benzene rings is 1. The van der Waals surface area contributed by atoms with Crippen LogP contribution in [0.3, 0.4) is 0 Å². The number of fused-ring (bicyclic) bond motifs is 1. The average molecular weight is 253 g/mol. The molecule has 0 fully saturated rings. The highest BCUT2D eigenvalue weighted by Gasteiger charge is 1.99. The van der Waals surface area contributed by atoms with Crippen molar-refractivity contribution >= 4 is 16.9 Å². The third-order valence-corrected chi connectivity index (χ3v) is 3.03. The van der Waals surface area contributed by atoms with Crippen LogP contribution in [0.1, 0.15) is 6.42 Å². The number of anilines is 1. The molecule has 5 nitrogen and oxygen atoms in total. The van der Waals surface area contributed by atoms with Crippen molar-refractivity contribution in [3.8, 4) is 0 Å². The number of hydrogen-bond donors (Lipinski definition) is 1. The first kappa shape index (κ1) is 11.6. The summed E-state index contributed by atoms with van der Waals surface area (Å²) in [6.07, 6.45) is 6.14. The van der Waals surface area contributed by atoms with Gasteiger partial charge in [0.1, 0.15) is 12.7 Å². The fraction of sp³-hybridized carbons (Fsp3) is 0.214. The molecule has 5 heteroatoms. The number of aromatic nitrogens is 4. The normalized spacial score (nSPS) is 10.7. The predicted molar refractivity (Wildman–Crippen MR) is 74.9 cm³/mol. The summed E-state index contributed by atoms with van der Waals surface area (Å²) in [6.45, 7) is 1.82. The first-order valence-corrected chi connectivity index (χ1v) is 6.33. The molecule has 0 aliphatic carbocycles. The Morgan fingerprint density at radius 3 is 2.79 bits per heavy atom. The Kier molecular flexibility index (Phi) is 3.36. The van der Waals surface area contributed by atoms with Crippen molar-refractivity contribution in [2.24, 2.45) is 0 Å². The third kappa shape index (κ3) is 2.70. The SMILES string of the molecule is c1ccc2c(c1)ccn2CCCNc1ncncn1. The minimum absolute atomic E-state index is 0.632. The van der Waals surface area contributed by atoms with Crippen molar-refractivity contribution in [2.75, 3.05) is 11.9 Å². The molecule has 1 N–H and O–H groups in total. The number of hydrogen-bond acceptors (Lipinski definition) is 4. The van der Waals surface area contributed by atoms with Crippen LogP contribution in [0.2, 0.25) is 0 Å². The van der Waals surface area contributed by atoms with Crippen molar-refractivity contribution in [3.63, 3.8) is 0 Å². The zero-order chi connectivity index (χ0) is 12.9. The van der Waals surface area contributed by atoms with Crippen molar-refractivity contribution in [1.29, 1.82) is 0 Å². The quantitative estimate of drug-likeness (QED) is 0.709. The van der Waals surface area contributed by atoms with Gasteiger partial charge in [0, 0.05) is 24.8 Å². The maximum atomic E-state index is 4.02. The Morgan fingerprint density at radius 1 is 1.05 bits per heavy atom. The van der Waals surface area contributed by atoms with Crippen LogP contribution in [0.25, 0.3) is 10.9 Å². The molecule has 0 spiro atoms. The lowest BCUT2D eigenvalue weighted by Gasteiger charge is -2.06. The Balaban J connectivity index is 1.55. The van der Waals surface area contributed by atoms with Crippen LogP contribution in [-0.4, -0.2) is 26.1 Å². The van der Waals surface area contributed by atoms with Crippen LogP contribution in [0.5, 0.6) is 0 Å². The van der Waals surface area contributed by atoms with E-state index in [1.165, 1.54) is 23.6 Å². The van der Waals surface area contributed by atoms with E-state index >= 15 is 0 Å². The smallest absolute Gasteiger partial charge is 0.225 e. The van der Waals surface area contributed by atoms with Gasteiger partial charge in [0.05, 0.1) is 0 Å². The predicted octanol–water partition coefficient (Wildman–Crippen LogP) is 2.33. The van der Waals surface area contributed by atoms with E-state index in [4.69, 9.17) is 0 Å². The number of para-hydroxylation sites is 1. The van der Waals surface area contributed by atoms with Gasteiger partial charge in [0.15, 0.2) is 0 Å². The molecule has 0 unspecified atom stereocenters. The lowest BCUT2D eigenvalue weighted by atomic mass is 10.2. The van der Waals surface area contributed by atoms with Gasteiger partial charge in [-0.15, -0.1) is 0 Å². The van der Waals surface area contributed by atoms with E-state index in [-0.39, 0.29) is 0 Å². The molecule has 0 amide bonds. The third-order valence-electron chi connectivity index (χ3n) is 3.03. The fourth-order valence-electron chi connectivity index (χ4n) is 2.12. The summed E-state index contributed by atoms with van der Waals surface area (Å²) in [5, 5.41) is 4.46. The largest absolute Gasteiger partial charge is 0.354 e. The zero-order valence-electron chi connectivity index (χ0n) is 10.5. The Morgan fingerprint density at radius 2 is 1.89 bits per heavy atom. The van der Waals surface area contributed by atoms with Gasteiger partial charge in [-0.3, -0.25) is 0 Å². The van der Waals surface area contributed by atoms with E-state index in [1.54, 1.807) is 0 Å². The fourth-order valence-corrected chi connectivity index (χ4v) is 2.12. The Hall–Kier alpha value is -2.43. The van der Waals surface area contributed by atoms with E-state index in [2.05, 4.69) is 61.4 Å². The summed E-state index contributed by atoms with van der Waals surface area (Å²) in [5.41, 5.74) is 1.28. The molecule has 0 atom stereocenters. The van der Waals surface area contributed by atoms with E-state index < -0.39 is 0 Å². The van der Waals surface area contributed by atoms with E-state index in [1.807, 2.05) is 0 Å². The van der Waals surface area contributed by atoms with Crippen LogP contribution in [0, 0.1) is 0 Å². The van der Waals surface area contributed by atoms with Gasteiger partial charge in [-0.1, -0.05) is 18.2 Å². The van der Waals surface area contributed by atoms with Gasteiger partial charge in [-0.25, -0.2) is 15.0 Å². The van der Waals surface area contributed by atoms with Gasteiger partial charge in [0.2, 0.25) is 5.95 Å². The summed E-state index contributed by atoms with van der Waals surface area (Å²) in [5.74, 6) is 0.632. The summed E-state index contributed by atoms with van der Waals surface area (Å²) in [7, 11) is 0. The molecule has 0 bridgehead atoms. The highest BCUT2D eigenvalue weighted by atomic mass is 15.1. The monoisotopic (exact) mass is 253 g/mol. The molecule has 0 saturated heterocycles. The van der Waals surface area contributed by atoms with E-state index in [9.17, 15) is 0 Å². The standard InChI is InChI=1S/C14H15N5/c1-2-5-13-12(4-1)6-9-19(13)8-3-7-16-14-17-10-15-11-18-14/h1-2,4-6,9-11H,3,7-8H2,(H,15,16,17,18). The van der Waals surface area contributed by atoms with Crippen LogP contribution in [0.15, 0.2) is 49.2 Å². The first-order chi connectivity index (χ1) is 9.43. The molecule has 2 heterocycles. The summed E-state index contributed by atoms with van der Waals surface area (Å²) >= 11 is 0. The van der Waals surface area contributed by atoms with Gasteiger partial charge < -0.3 is 9.88 Å². The second kappa shape index (κ2) is 5.48. The maximum Gasteiger partial charge on any atom is 0.225 e. The topological polar surface area (TPSA) is 55.6 Å². The van der Waals surface area contributed by atoms with Crippen molar-refractivity contribution in [3.05, 3.63) is 49.2 Å². The molecule has 19 heavy (non-hydrogen) atoms. The Labute approximate surface area is 111 Å². The van der Waals surface area contributed by atoms with Crippen LogP contribution < -0.4 is 5.32 Å². The number of rotatable bonds is 5. The highest BCUT2D eigenvalue weighted by Crippen LogP contribution is 2.15. The molecule has 2 aromatic heterocycles. The van der Waals surface area contributed by atoms with Gasteiger partial charge in [-0.2, -0.15) is 0 Å². The minimum Gasteiger partial charge on any atom is -0.354 e. The first-order valence-electron chi connectivity index (χ1n) is 6.33. The summed E-state index contributed by atoms with van der Waals surface area (Å²) in [6, 6.07) is 10.6. The molecule has 96 valence electrons. The molecule has 3 rings (SSSR count). The number of nitrogens with one attached hydrogen (secondary N) is 1. The van der Waals surface area contributed by atoms with Crippen LogP contribution in [-0.2, 0) is 6.54 Å². The molecular formula is C14H15N5. The lowest BCUT2D eigenvalue weighted by molar-refractivity contribution is 0.681. The van der Waals surface area contributed by atoms with Gasteiger partial charge >= 0.3 is 0 Å². The highest BCUT2D eigenvalue weighted by molar-refractivity contribution is 5.79. The minimum atomic E-state index is 0.632. The van der Waals surface area contributed by atoms with Gasteiger partial charge in [-0.05, 0) is 23.9 Å². The van der Waals surface area contributed by atoms with Crippen molar-refractivity contribution in [1.82, 2.24) is 19.5 Å². The maximum absolute atomic E-state index is 4.02. The zero-order valence-corrected chi connectivity index (χ0v) is 10.5. The lowest BCUT2D eigenvalue weighted by Crippen LogP contribution is -2.08. The molecule has 0 aliphatic rings. The van der Waals surface area contributed by atoms with E-state index in [0.29, 0.717) is 5.95 Å². The van der Waals surface area contributed by atoms with Crippen LogP contribution >= 0.6 is 0 Å². The molecule has 1 aromatic carbocycles. The van der Waals surface area contributed by atoms with Crippen LogP contribution in [0.4, 0.5) is 5.95 Å². The average Bonchev–Trinajstić information content (AvgIpc) is 2.88. The Bertz CT molecular complexity index is 647. The molecule has 0 radical (unpaired) electrons. The number of aryl methyl sites for hydroxylation is 1. The molecular weight excluding hydrogens is 238 g/mol. The van der Waals surface area contributed by atoms with Crippen molar-refractivity contribution in [2.45, 2.75) is 13.0 Å². The second-order valence-electron chi connectivity index (χ2n) is 4.31. The molecule has 0 aliphatic heterocycles. The van der Waals surface area contributed by atoms with Crippen molar-refractivity contribution < 1.29 is 0 Å². The number of nitrogens with zero attached hydrogens (tertiary/aromatic N) is 4. The molecule has 3 aromatic rings. The second-order valence-corrected chi connectivity index (χ2v) is 4.31.